The summed E-state index contributed by atoms with van der Waals surface area (Å²) in [7, 11) is 0. The molecule has 1 N–H and O–H groups in total. The Kier molecular flexibility index (Phi) is 3.62. The Morgan fingerprint density at radius 3 is 2.33 bits per heavy atom. The Hall–Kier alpha value is -1.88. The zero-order chi connectivity index (χ0) is 13.1. The van der Waals surface area contributed by atoms with Gasteiger partial charge in [0.2, 0.25) is 0 Å². The van der Waals surface area contributed by atoms with Crippen molar-refractivity contribution in [3.8, 4) is 0 Å². The quantitative estimate of drug-likeness (QED) is 0.799. The Bertz CT molecular complexity index is 584. The minimum absolute atomic E-state index is 0.0988. The van der Waals surface area contributed by atoms with Crippen LogP contribution in [0.1, 0.15) is 10.4 Å². The van der Waals surface area contributed by atoms with Gasteiger partial charge in [-0.2, -0.15) is 0 Å². The molecule has 0 spiro atoms. The number of thiol groups is 1. The van der Waals surface area contributed by atoms with Gasteiger partial charge in [0.15, 0.2) is 0 Å². The van der Waals surface area contributed by atoms with Crippen molar-refractivity contribution in [2.75, 3.05) is 5.32 Å². The second-order valence-corrected chi connectivity index (χ2v) is 4.11. The first-order valence-electron chi connectivity index (χ1n) is 5.12. The summed E-state index contributed by atoms with van der Waals surface area (Å²) in [4.78, 5) is 11.9. The highest BCUT2D eigenvalue weighted by Gasteiger charge is 2.08. The summed E-state index contributed by atoms with van der Waals surface area (Å²) in [6, 6.07) is 9.22. The predicted molar refractivity (Wildman–Crippen MR) is 68.0 cm³/mol. The molecule has 92 valence electrons. The fourth-order valence-electron chi connectivity index (χ4n) is 1.39. The molecule has 0 aliphatic heterocycles. The molecule has 0 atom stereocenters. The van der Waals surface area contributed by atoms with Gasteiger partial charge in [0.25, 0.3) is 5.91 Å². The van der Waals surface area contributed by atoms with Crippen molar-refractivity contribution >= 4 is 24.2 Å². The molecule has 0 bridgehead atoms. The maximum absolute atomic E-state index is 13.0. The van der Waals surface area contributed by atoms with Crippen LogP contribution in [0.5, 0.6) is 0 Å². The van der Waals surface area contributed by atoms with Crippen molar-refractivity contribution in [1.82, 2.24) is 0 Å². The van der Waals surface area contributed by atoms with E-state index in [4.69, 9.17) is 0 Å². The van der Waals surface area contributed by atoms with Gasteiger partial charge in [0.05, 0.1) is 0 Å². The van der Waals surface area contributed by atoms with Crippen LogP contribution in [-0.2, 0) is 0 Å². The number of carbonyl (C=O) groups is 1. The average molecular weight is 265 g/mol. The smallest absolute Gasteiger partial charge is 0.255 e. The van der Waals surface area contributed by atoms with E-state index in [1.807, 2.05) is 0 Å². The van der Waals surface area contributed by atoms with Crippen LogP contribution in [0.15, 0.2) is 47.4 Å². The first kappa shape index (κ1) is 12.6. The van der Waals surface area contributed by atoms with Gasteiger partial charge in [0, 0.05) is 16.1 Å². The average Bonchev–Trinajstić information content (AvgIpc) is 2.35. The molecule has 0 fully saturated rings. The van der Waals surface area contributed by atoms with Gasteiger partial charge in [-0.05, 0) is 42.5 Å². The Balaban J connectivity index is 2.16. The van der Waals surface area contributed by atoms with Crippen LogP contribution in [0.3, 0.4) is 0 Å². The van der Waals surface area contributed by atoms with Crippen molar-refractivity contribution in [2.45, 2.75) is 4.90 Å². The molecular formula is C13H9F2NOS. The number of nitrogens with one attached hydrogen (secondary N) is 1. The van der Waals surface area contributed by atoms with Crippen LogP contribution < -0.4 is 5.32 Å². The minimum Gasteiger partial charge on any atom is -0.322 e. The number of amides is 1. The first-order chi connectivity index (χ1) is 8.56. The highest BCUT2D eigenvalue weighted by molar-refractivity contribution is 7.80. The third kappa shape index (κ3) is 2.87. The van der Waals surface area contributed by atoms with Crippen LogP contribution in [0.4, 0.5) is 14.5 Å². The summed E-state index contributed by atoms with van der Waals surface area (Å²) < 4.78 is 25.7. The lowest BCUT2D eigenvalue weighted by Crippen LogP contribution is -2.12. The van der Waals surface area contributed by atoms with Gasteiger partial charge in [0.1, 0.15) is 11.6 Å². The summed E-state index contributed by atoms with van der Waals surface area (Å²) in [5, 5.41) is 2.57. The molecule has 0 aliphatic rings. The fraction of sp³-hybridized carbons (Fsp3) is 0. The zero-order valence-corrected chi connectivity index (χ0v) is 10.0. The van der Waals surface area contributed by atoms with Crippen molar-refractivity contribution in [3.63, 3.8) is 0 Å². The number of halogens is 2. The largest absolute Gasteiger partial charge is 0.322 e. The second kappa shape index (κ2) is 5.18. The van der Waals surface area contributed by atoms with Crippen LogP contribution in [0.2, 0.25) is 0 Å². The summed E-state index contributed by atoms with van der Waals surface area (Å²) in [5.41, 5.74) is 0.747. The summed E-state index contributed by atoms with van der Waals surface area (Å²) in [5.74, 6) is -1.28. The number of anilines is 1. The monoisotopic (exact) mass is 265 g/mol. The lowest BCUT2D eigenvalue weighted by molar-refractivity contribution is 0.102. The van der Waals surface area contributed by atoms with Crippen molar-refractivity contribution in [3.05, 3.63) is 59.7 Å². The molecule has 2 aromatic rings. The molecule has 0 aromatic heterocycles. The molecule has 0 saturated carbocycles. The number of hydrogen-bond acceptors (Lipinski definition) is 2. The number of rotatable bonds is 2. The van der Waals surface area contributed by atoms with E-state index in [9.17, 15) is 13.6 Å². The molecule has 0 aliphatic carbocycles. The maximum atomic E-state index is 13.0. The Morgan fingerprint density at radius 1 is 1.06 bits per heavy atom. The van der Waals surface area contributed by atoms with Gasteiger partial charge < -0.3 is 5.32 Å². The Morgan fingerprint density at radius 2 is 1.72 bits per heavy atom. The molecule has 0 unspecified atom stereocenters. The van der Waals surface area contributed by atoms with E-state index < -0.39 is 11.7 Å². The van der Waals surface area contributed by atoms with E-state index >= 15 is 0 Å². The molecule has 2 aromatic carbocycles. The fourth-order valence-corrected chi connectivity index (χ4v) is 1.60. The highest BCUT2D eigenvalue weighted by Crippen LogP contribution is 2.16. The Labute approximate surface area is 108 Å². The van der Waals surface area contributed by atoms with E-state index in [1.165, 1.54) is 42.5 Å². The second-order valence-electron chi connectivity index (χ2n) is 3.63. The molecule has 0 saturated heterocycles. The van der Waals surface area contributed by atoms with Gasteiger partial charge in [-0.1, -0.05) is 0 Å². The maximum Gasteiger partial charge on any atom is 0.255 e. The van der Waals surface area contributed by atoms with Crippen LogP contribution in [0, 0.1) is 11.6 Å². The van der Waals surface area contributed by atoms with E-state index in [1.54, 1.807) is 0 Å². The van der Waals surface area contributed by atoms with Crippen LogP contribution in [-0.4, -0.2) is 5.91 Å². The zero-order valence-electron chi connectivity index (χ0n) is 9.15. The lowest BCUT2D eigenvalue weighted by atomic mass is 10.2. The molecule has 18 heavy (non-hydrogen) atoms. The molecule has 0 heterocycles. The van der Waals surface area contributed by atoms with Gasteiger partial charge in [-0.15, -0.1) is 12.6 Å². The summed E-state index contributed by atoms with van der Waals surface area (Å²) >= 11 is 3.90. The third-order valence-corrected chi connectivity index (χ3v) is 2.65. The van der Waals surface area contributed by atoms with Crippen molar-refractivity contribution < 1.29 is 13.6 Å². The SMILES string of the molecule is O=C(Nc1ccc(F)cc1)c1ccc(F)c(S)c1. The third-order valence-electron chi connectivity index (χ3n) is 2.31. The lowest BCUT2D eigenvalue weighted by Gasteiger charge is -2.06. The molecule has 0 radical (unpaired) electrons. The molecule has 2 rings (SSSR count). The van der Waals surface area contributed by atoms with Crippen molar-refractivity contribution in [2.24, 2.45) is 0 Å². The molecule has 1 amide bonds. The first-order valence-corrected chi connectivity index (χ1v) is 5.56. The van der Waals surface area contributed by atoms with E-state index in [-0.39, 0.29) is 16.3 Å². The van der Waals surface area contributed by atoms with E-state index in [0.29, 0.717) is 5.69 Å². The van der Waals surface area contributed by atoms with Gasteiger partial charge >= 0.3 is 0 Å². The normalized spacial score (nSPS) is 10.2. The standard InChI is InChI=1S/C13H9F2NOS/c14-9-2-4-10(5-3-9)16-13(17)8-1-6-11(15)12(18)7-8/h1-7,18H,(H,16,17). The highest BCUT2D eigenvalue weighted by atomic mass is 32.1. The molecule has 2 nitrogen and oxygen atoms in total. The van der Waals surface area contributed by atoms with Crippen LogP contribution in [0.25, 0.3) is 0 Å². The number of carbonyl (C=O) groups excluding carboxylic acids is 1. The molecular weight excluding hydrogens is 256 g/mol. The van der Waals surface area contributed by atoms with Crippen LogP contribution >= 0.6 is 12.6 Å². The van der Waals surface area contributed by atoms with E-state index in [2.05, 4.69) is 17.9 Å². The summed E-state index contributed by atoms with van der Waals surface area (Å²) in [6.45, 7) is 0. The number of benzene rings is 2. The topological polar surface area (TPSA) is 29.1 Å². The molecule has 5 heteroatoms. The van der Waals surface area contributed by atoms with Gasteiger partial charge in [-0.25, -0.2) is 8.78 Å². The summed E-state index contributed by atoms with van der Waals surface area (Å²) in [6.07, 6.45) is 0. The van der Waals surface area contributed by atoms with Gasteiger partial charge in [-0.3, -0.25) is 4.79 Å². The van der Waals surface area contributed by atoms with Crippen molar-refractivity contribution in [1.29, 1.82) is 0 Å². The minimum atomic E-state index is -0.489. The number of hydrogen-bond donors (Lipinski definition) is 2. The predicted octanol–water partition coefficient (Wildman–Crippen LogP) is 3.51. The van der Waals surface area contributed by atoms with E-state index in [0.717, 1.165) is 0 Å².